The van der Waals surface area contributed by atoms with Crippen molar-refractivity contribution < 1.29 is 19.4 Å². The van der Waals surface area contributed by atoms with Crippen molar-refractivity contribution in [3.8, 4) is 28.6 Å². The van der Waals surface area contributed by atoms with Crippen LogP contribution in [0.4, 0.5) is 10.1 Å². The molecule has 6 nitrogen and oxygen atoms in total. The van der Waals surface area contributed by atoms with Gasteiger partial charge >= 0.3 is 5.97 Å². The highest BCUT2D eigenvalue weighted by Gasteiger charge is 2.33. The zero-order chi connectivity index (χ0) is 24.8. The van der Waals surface area contributed by atoms with E-state index in [1.54, 1.807) is 43.3 Å². The molecule has 0 saturated carbocycles. The third kappa shape index (κ3) is 3.63. The number of nitrogen functional groups attached to an aromatic ring is 1. The number of aromatic nitrogens is 1. The van der Waals surface area contributed by atoms with Crippen molar-refractivity contribution in [1.29, 1.82) is 5.26 Å². The molecule has 0 amide bonds. The highest BCUT2D eigenvalue weighted by Crippen LogP contribution is 2.48. The second kappa shape index (κ2) is 8.23. The molecule has 0 aliphatic rings. The van der Waals surface area contributed by atoms with Gasteiger partial charge in [0.25, 0.3) is 0 Å². The van der Waals surface area contributed by atoms with Gasteiger partial charge in [0, 0.05) is 28.8 Å². The lowest BCUT2D eigenvalue weighted by Crippen LogP contribution is -2.22. The predicted octanol–water partition coefficient (Wildman–Crippen LogP) is 5.92. The average Bonchev–Trinajstić information content (AvgIpc) is 3.15. The lowest BCUT2D eigenvalue weighted by atomic mass is 9.81. The summed E-state index contributed by atoms with van der Waals surface area (Å²) in [5.41, 5.74) is 9.47. The van der Waals surface area contributed by atoms with Crippen molar-refractivity contribution in [3.63, 3.8) is 0 Å². The number of carbonyl (C=O) groups is 1. The third-order valence-corrected chi connectivity index (χ3v) is 6.12. The molecule has 0 unspecified atom stereocenters. The maximum atomic E-state index is 14.1. The van der Waals surface area contributed by atoms with Crippen LogP contribution >= 0.6 is 0 Å². The zero-order valence-electron chi connectivity index (χ0n) is 19.1. The second-order valence-electron chi connectivity index (χ2n) is 8.99. The monoisotopic (exact) mass is 457 g/mol. The molecule has 0 spiro atoms. The number of nitriles is 1. The number of hydrogen-bond acceptors (Lipinski definition) is 4. The first-order valence-corrected chi connectivity index (χ1v) is 10.7. The summed E-state index contributed by atoms with van der Waals surface area (Å²) in [6.07, 6.45) is 0.167. The molecule has 0 bridgehead atoms. The molecule has 3 aromatic carbocycles. The van der Waals surface area contributed by atoms with Crippen LogP contribution in [0.2, 0.25) is 0 Å². The van der Waals surface area contributed by atoms with Gasteiger partial charge in [0.05, 0.1) is 28.2 Å². The maximum absolute atomic E-state index is 14.1. The molecule has 0 fully saturated rings. The quantitative estimate of drug-likeness (QED) is 0.254. The number of halogens is 1. The zero-order valence-corrected chi connectivity index (χ0v) is 19.1. The van der Waals surface area contributed by atoms with Crippen LogP contribution in [0.25, 0.3) is 27.7 Å². The molecular formula is C27H24FN3O3. The van der Waals surface area contributed by atoms with Crippen molar-refractivity contribution in [3.05, 3.63) is 77.2 Å². The molecule has 4 aromatic rings. The molecule has 0 saturated heterocycles. The molecule has 1 aromatic heterocycles. The van der Waals surface area contributed by atoms with Gasteiger partial charge in [0.2, 0.25) is 0 Å². The van der Waals surface area contributed by atoms with Crippen LogP contribution in [-0.4, -0.2) is 20.7 Å². The Balaban J connectivity index is 2.21. The van der Waals surface area contributed by atoms with Crippen molar-refractivity contribution in [2.75, 3.05) is 5.73 Å². The van der Waals surface area contributed by atoms with E-state index in [1.807, 2.05) is 18.4 Å². The van der Waals surface area contributed by atoms with Gasteiger partial charge in [0.1, 0.15) is 11.6 Å². The molecule has 0 aliphatic heterocycles. The van der Waals surface area contributed by atoms with Gasteiger partial charge in [-0.05, 0) is 60.5 Å². The fraction of sp³-hybridized carbons (Fsp3) is 0.185. The number of carboxylic acids is 1. The first kappa shape index (κ1) is 22.9. The summed E-state index contributed by atoms with van der Waals surface area (Å²) in [5.74, 6) is -1.50. The number of aromatic carboxylic acids is 1. The number of anilines is 1. The number of rotatable bonds is 5. The minimum atomic E-state index is -1.05. The van der Waals surface area contributed by atoms with Crippen molar-refractivity contribution >= 4 is 22.6 Å². The number of fused-ring (bicyclic) bond motifs is 1. The Kier molecular flexibility index (Phi) is 5.54. The fourth-order valence-corrected chi connectivity index (χ4v) is 4.40. The third-order valence-electron chi connectivity index (χ3n) is 6.12. The first-order valence-electron chi connectivity index (χ1n) is 10.7. The van der Waals surface area contributed by atoms with Crippen molar-refractivity contribution in [2.45, 2.75) is 32.6 Å². The summed E-state index contributed by atoms with van der Waals surface area (Å²) < 4.78 is 16.0. The molecular weight excluding hydrogens is 433 g/mol. The minimum Gasteiger partial charge on any atom is -0.505 e. The Morgan fingerprint density at radius 2 is 1.82 bits per heavy atom. The topological polar surface area (TPSA) is 112 Å². The Morgan fingerprint density at radius 3 is 2.41 bits per heavy atom. The Morgan fingerprint density at radius 1 is 1.15 bits per heavy atom. The molecule has 34 heavy (non-hydrogen) atoms. The van der Waals surface area contributed by atoms with Crippen LogP contribution in [-0.2, 0) is 5.41 Å². The standard InChI is InChI=1S/C27H24FN3O3/c1-15-14-18(8-9-19(15)28)31-21-11-10-20(30)24(32)23(21)22(25(31)27(2,3)12-13-29)16-4-6-17(7-5-16)26(33)34/h4-11,14,32H,12,30H2,1-3H3,(H,33,34). The second-order valence-corrected chi connectivity index (χ2v) is 8.99. The van der Waals surface area contributed by atoms with Gasteiger partial charge in [-0.1, -0.05) is 26.0 Å². The molecule has 0 atom stereocenters. The minimum absolute atomic E-state index is 0.110. The highest BCUT2D eigenvalue weighted by molar-refractivity contribution is 6.06. The lowest BCUT2D eigenvalue weighted by Gasteiger charge is -2.27. The molecule has 4 rings (SSSR count). The first-order chi connectivity index (χ1) is 16.1. The number of aromatic hydroxyl groups is 1. The lowest BCUT2D eigenvalue weighted by molar-refractivity contribution is 0.0697. The van der Waals surface area contributed by atoms with Gasteiger partial charge in [-0.2, -0.15) is 5.26 Å². The Hall–Kier alpha value is -4.31. The summed E-state index contributed by atoms with van der Waals surface area (Å²) in [5, 5.41) is 30.5. The van der Waals surface area contributed by atoms with Crippen LogP contribution in [0.3, 0.4) is 0 Å². The van der Waals surface area contributed by atoms with Gasteiger partial charge in [0.15, 0.2) is 0 Å². The molecule has 0 aliphatic carbocycles. The number of phenolic OH excluding ortho intramolecular Hbond substituents is 1. The van der Waals surface area contributed by atoms with Crippen LogP contribution in [0, 0.1) is 24.1 Å². The number of benzene rings is 3. The van der Waals surface area contributed by atoms with E-state index in [4.69, 9.17) is 5.73 Å². The number of phenols is 1. The summed E-state index contributed by atoms with van der Waals surface area (Å²) in [6, 6.07) is 16.7. The summed E-state index contributed by atoms with van der Waals surface area (Å²) in [7, 11) is 0. The normalized spacial score (nSPS) is 11.5. The van der Waals surface area contributed by atoms with Crippen LogP contribution in [0.5, 0.6) is 5.75 Å². The van der Waals surface area contributed by atoms with E-state index in [9.17, 15) is 24.7 Å². The number of nitrogens with zero attached hydrogens (tertiary/aromatic N) is 2. The average molecular weight is 458 g/mol. The Bertz CT molecular complexity index is 1480. The molecule has 4 N–H and O–H groups in total. The van der Waals surface area contributed by atoms with Gasteiger partial charge in [-0.15, -0.1) is 0 Å². The van der Waals surface area contributed by atoms with Crippen LogP contribution < -0.4 is 5.73 Å². The van der Waals surface area contributed by atoms with Crippen molar-refractivity contribution in [1.82, 2.24) is 4.57 Å². The van der Waals surface area contributed by atoms with E-state index in [1.165, 1.54) is 18.2 Å². The van der Waals surface area contributed by atoms with Crippen LogP contribution in [0.15, 0.2) is 54.6 Å². The van der Waals surface area contributed by atoms with Gasteiger partial charge in [-0.3, -0.25) is 0 Å². The predicted molar refractivity (Wildman–Crippen MR) is 130 cm³/mol. The maximum Gasteiger partial charge on any atom is 0.335 e. The van der Waals surface area contributed by atoms with Crippen LogP contribution in [0.1, 0.15) is 41.9 Å². The summed E-state index contributed by atoms with van der Waals surface area (Å²) in [6.45, 7) is 5.52. The summed E-state index contributed by atoms with van der Waals surface area (Å²) >= 11 is 0. The van der Waals surface area contributed by atoms with E-state index in [-0.39, 0.29) is 29.2 Å². The Labute approximate surface area is 196 Å². The number of nitrogens with two attached hydrogens (primary N) is 1. The van der Waals surface area contributed by atoms with E-state index in [0.29, 0.717) is 33.3 Å². The number of hydrogen-bond donors (Lipinski definition) is 3. The largest absolute Gasteiger partial charge is 0.505 e. The molecule has 1 heterocycles. The summed E-state index contributed by atoms with van der Waals surface area (Å²) in [4.78, 5) is 11.4. The molecule has 0 radical (unpaired) electrons. The number of aryl methyl sites for hydroxylation is 1. The molecule has 172 valence electrons. The van der Waals surface area contributed by atoms with E-state index in [0.717, 1.165) is 5.69 Å². The van der Waals surface area contributed by atoms with Gasteiger partial charge in [-0.25, -0.2) is 9.18 Å². The van der Waals surface area contributed by atoms with E-state index in [2.05, 4.69) is 6.07 Å². The van der Waals surface area contributed by atoms with E-state index < -0.39 is 11.4 Å². The fourth-order valence-electron chi connectivity index (χ4n) is 4.40. The molecule has 7 heteroatoms. The van der Waals surface area contributed by atoms with Gasteiger partial charge < -0.3 is 20.5 Å². The SMILES string of the molecule is Cc1cc(-n2c(C(C)(C)CC#N)c(-c3ccc(C(=O)O)cc3)c3c(O)c(N)ccc32)ccc1F. The highest BCUT2D eigenvalue weighted by atomic mass is 19.1. The van der Waals surface area contributed by atoms with E-state index >= 15 is 0 Å². The number of carboxylic acid groups (broad SMARTS) is 1. The van der Waals surface area contributed by atoms with Crippen molar-refractivity contribution in [2.24, 2.45) is 0 Å². The smallest absolute Gasteiger partial charge is 0.335 e.